The number of benzene rings is 3. The predicted molar refractivity (Wildman–Crippen MR) is 129 cm³/mol. The second kappa shape index (κ2) is 12.8. The zero-order chi connectivity index (χ0) is 24.2. The van der Waals surface area contributed by atoms with E-state index in [0.717, 1.165) is 0 Å². The Morgan fingerprint density at radius 3 is 1.94 bits per heavy atom. The first kappa shape index (κ1) is 24.5. The van der Waals surface area contributed by atoms with Crippen LogP contribution in [0.1, 0.15) is 33.8 Å². The number of amides is 2. The average Bonchev–Trinajstić information content (AvgIpc) is 2.89. The van der Waals surface area contributed by atoms with Gasteiger partial charge >= 0.3 is 5.97 Å². The minimum Gasteiger partial charge on any atom is -0.497 e. The molecule has 7 nitrogen and oxygen atoms in total. The molecular formula is C27H28N2O5. The van der Waals surface area contributed by atoms with Gasteiger partial charge in [-0.15, -0.1) is 0 Å². The van der Waals surface area contributed by atoms with Gasteiger partial charge in [0.25, 0.3) is 11.8 Å². The Morgan fingerprint density at radius 2 is 1.38 bits per heavy atom. The lowest BCUT2D eigenvalue weighted by molar-refractivity contribution is -0.147. The first-order valence-corrected chi connectivity index (χ1v) is 11.0. The molecule has 2 N–H and O–H groups in total. The van der Waals surface area contributed by atoms with Crippen molar-refractivity contribution in [1.82, 2.24) is 10.6 Å². The summed E-state index contributed by atoms with van der Waals surface area (Å²) in [4.78, 5) is 36.1. The summed E-state index contributed by atoms with van der Waals surface area (Å²) in [5.41, 5.74) is 2.72. The Labute approximate surface area is 199 Å². The van der Waals surface area contributed by atoms with Crippen molar-refractivity contribution in [2.75, 3.05) is 26.8 Å². The third-order valence-electron chi connectivity index (χ3n) is 5.27. The zero-order valence-corrected chi connectivity index (χ0v) is 19.0. The third kappa shape index (κ3) is 7.48. The summed E-state index contributed by atoms with van der Waals surface area (Å²) in [6, 6.07) is 26.7. The fourth-order valence-electron chi connectivity index (χ4n) is 3.50. The summed E-state index contributed by atoms with van der Waals surface area (Å²) >= 11 is 0. The highest BCUT2D eigenvalue weighted by Gasteiger charge is 2.15. The molecule has 0 bridgehead atoms. The molecule has 0 aliphatic carbocycles. The van der Waals surface area contributed by atoms with Crippen LogP contribution in [0, 0.1) is 0 Å². The Kier molecular flexibility index (Phi) is 9.22. The first-order valence-electron chi connectivity index (χ1n) is 11.0. The SMILES string of the molecule is COc1ccc(C(=O)NCC(=O)OCC(=O)NCCC(c2ccccc2)c2ccccc2)cc1. The standard InChI is InChI=1S/C27H28N2O5/c1-33-23-14-12-22(13-15-23)27(32)29-18-26(31)34-19-25(30)28-17-16-24(20-8-4-2-5-9-20)21-10-6-3-7-11-21/h2-15,24H,16-19H2,1H3,(H,28,30)(H,29,32). The van der Waals surface area contributed by atoms with Gasteiger partial charge in [-0.1, -0.05) is 60.7 Å². The second-order valence-electron chi connectivity index (χ2n) is 7.58. The zero-order valence-electron chi connectivity index (χ0n) is 19.0. The third-order valence-corrected chi connectivity index (χ3v) is 5.27. The lowest BCUT2D eigenvalue weighted by atomic mass is 9.88. The number of ether oxygens (including phenoxy) is 2. The quantitative estimate of drug-likeness (QED) is 0.428. The summed E-state index contributed by atoms with van der Waals surface area (Å²) in [6.45, 7) is -0.306. The van der Waals surface area contributed by atoms with E-state index in [-0.39, 0.29) is 12.5 Å². The molecule has 176 valence electrons. The molecule has 2 amide bonds. The molecule has 3 aromatic rings. The molecule has 0 saturated carbocycles. The van der Waals surface area contributed by atoms with Crippen LogP contribution in [0.4, 0.5) is 0 Å². The van der Waals surface area contributed by atoms with E-state index in [0.29, 0.717) is 24.3 Å². The van der Waals surface area contributed by atoms with Crippen LogP contribution in [-0.2, 0) is 14.3 Å². The van der Waals surface area contributed by atoms with Crippen molar-refractivity contribution in [2.45, 2.75) is 12.3 Å². The highest BCUT2D eigenvalue weighted by Crippen LogP contribution is 2.27. The van der Waals surface area contributed by atoms with Gasteiger partial charge in [-0.2, -0.15) is 0 Å². The fraction of sp³-hybridized carbons (Fsp3) is 0.222. The smallest absolute Gasteiger partial charge is 0.325 e. The van der Waals surface area contributed by atoms with Crippen LogP contribution < -0.4 is 15.4 Å². The molecule has 0 aromatic heterocycles. The molecular weight excluding hydrogens is 432 g/mol. The summed E-state index contributed by atoms with van der Waals surface area (Å²) in [7, 11) is 1.53. The Balaban J connectivity index is 1.40. The number of hydrogen-bond donors (Lipinski definition) is 2. The molecule has 0 saturated heterocycles. The van der Waals surface area contributed by atoms with E-state index < -0.39 is 24.4 Å². The maximum absolute atomic E-state index is 12.1. The number of esters is 1. The largest absolute Gasteiger partial charge is 0.497 e. The molecule has 0 radical (unpaired) electrons. The van der Waals surface area contributed by atoms with E-state index >= 15 is 0 Å². The van der Waals surface area contributed by atoms with E-state index in [1.54, 1.807) is 24.3 Å². The Bertz CT molecular complexity index is 1030. The molecule has 34 heavy (non-hydrogen) atoms. The molecule has 0 fully saturated rings. The molecule has 3 rings (SSSR count). The van der Waals surface area contributed by atoms with Gasteiger partial charge < -0.3 is 20.1 Å². The monoisotopic (exact) mass is 460 g/mol. The van der Waals surface area contributed by atoms with Crippen molar-refractivity contribution in [2.24, 2.45) is 0 Å². The average molecular weight is 461 g/mol. The van der Waals surface area contributed by atoms with Crippen molar-refractivity contribution >= 4 is 17.8 Å². The van der Waals surface area contributed by atoms with Gasteiger partial charge in [0.05, 0.1) is 7.11 Å². The van der Waals surface area contributed by atoms with Gasteiger partial charge in [-0.25, -0.2) is 0 Å². The molecule has 0 heterocycles. The maximum atomic E-state index is 12.1. The van der Waals surface area contributed by atoms with Crippen molar-refractivity contribution in [3.05, 3.63) is 102 Å². The summed E-state index contributed by atoms with van der Waals surface area (Å²) in [6.07, 6.45) is 0.700. The maximum Gasteiger partial charge on any atom is 0.325 e. The first-order chi connectivity index (χ1) is 16.6. The van der Waals surface area contributed by atoms with Crippen LogP contribution >= 0.6 is 0 Å². The fourth-order valence-corrected chi connectivity index (χ4v) is 3.50. The predicted octanol–water partition coefficient (Wildman–Crippen LogP) is 3.31. The number of rotatable bonds is 11. The van der Waals surface area contributed by atoms with Gasteiger partial charge in [-0.05, 0) is 41.8 Å². The highest BCUT2D eigenvalue weighted by molar-refractivity contribution is 5.96. The minimum absolute atomic E-state index is 0.137. The molecule has 0 aliphatic heterocycles. The van der Waals surface area contributed by atoms with Crippen molar-refractivity contribution < 1.29 is 23.9 Å². The van der Waals surface area contributed by atoms with E-state index in [9.17, 15) is 14.4 Å². The normalized spacial score (nSPS) is 10.4. The number of carbonyl (C=O) groups is 3. The van der Waals surface area contributed by atoms with Crippen LogP contribution in [0.15, 0.2) is 84.9 Å². The molecule has 0 atom stereocenters. The van der Waals surface area contributed by atoms with Gasteiger partial charge in [0.2, 0.25) is 0 Å². The van der Waals surface area contributed by atoms with Crippen LogP contribution in [-0.4, -0.2) is 44.6 Å². The van der Waals surface area contributed by atoms with Gasteiger partial charge in [0, 0.05) is 18.0 Å². The van der Waals surface area contributed by atoms with Crippen molar-refractivity contribution in [3.63, 3.8) is 0 Å². The van der Waals surface area contributed by atoms with Gasteiger partial charge in [0.1, 0.15) is 12.3 Å². The van der Waals surface area contributed by atoms with Gasteiger partial charge in [0.15, 0.2) is 6.61 Å². The van der Waals surface area contributed by atoms with Crippen LogP contribution in [0.5, 0.6) is 5.75 Å². The van der Waals surface area contributed by atoms with E-state index in [1.165, 1.54) is 18.2 Å². The number of methoxy groups -OCH3 is 1. The van der Waals surface area contributed by atoms with Crippen LogP contribution in [0.25, 0.3) is 0 Å². The topological polar surface area (TPSA) is 93.7 Å². The summed E-state index contributed by atoms with van der Waals surface area (Å²) < 4.78 is 10.0. The second-order valence-corrected chi connectivity index (χ2v) is 7.58. The van der Waals surface area contributed by atoms with Crippen LogP contribution in [0.3, 0.4) is 0 Å². The number of carbonyl (C=O) groups excluding carboxylic acids is 3. The molecule has 7 heteroatoms. The van der Waals surface area contributed by atoms with E-state index in [4.69, 9.17) is 9.47 Å². The lowest BCUT2D eigenvalue weighted by Crippen LogP contribution is -2.34. The van der Waals surface area contributed by atoms with Crippen molar-refractivity contribution in [3.8, 4) is 5.75 Å². The Morgan fingerprint density at radius 1 is 0.794 bits per heavy atom. The minimum atomic E-state index is -0.691. The van der Waals surface area contributed by atoms with E-state index in [1.807, 2.05) is 36.4 Å². The summed E-state index contributed by atoms with van der Waals surface area (Å²) in [5.74, 6) is -0.741. The van der Waals surface area contributed by atoms with Crippen LogP contribution in [0.2, 0.25) is 0 Å². The summed E-state index contributed by atoms with van der Waals surface area (Å²) in [5, 5.41) is 5.26. The van der Waals surface area contributed by atoms with E-state index in [2.05, 4.69) is 34.9 Å². The van der Waals surface area contributed by atoms with Crippen molar-refractivity contribution in [1.29, 1.82) is 0 Å². The Hall–Kier alpha value is -4.13. The molecule has 0 spiro atoms. The molecule has 0 unspecified atom stereocenters. The number of nitrogens with one attached hydrogen (secondary N) is 2. The molecule has 0 aliphatic rings. The molecule has 3 aromatic carbocycles. The van der Waals surface area contributed by atoms with Gasteiger partial charge in [-0.3, -0.25) is 14.4 Å². The number of hydrogen-bond acceptors (Lipinski definition) is 5. The highest BCUT2D eigenvalue weighted by atomic mass is 16.5. The lowest BCUT2D eigenvalue weighted by Gasteiger charge is -2.18.